The number of aromatic nitrogens is 4. The van der Waals surface area contributed by atoms with Crippen molar-refractivity contribution in [3.8, 4) is 29.0 Å². The van der Waals surface area contributed by atoms with Gasteiger partial charge in [0.15, 0.2) is 0 Å². The van der Waals surface area contributed by atoms with Gasteiger partial charge < -0.3 is 15.0 Å². The van der Waals surface area contributed by atoms with E-state index in [1.54, 1.807) is 48.5 Å². The van der Waals surface area contributed by atoms with E-state index in [4.69, 9.17) is 9.72 Å². The molecule has 1 fully saturated rings. The first-order valence-corrected chi connectivity index (χ1v) is 13.2. The minimum atomic E-state index is -3.05. The highest BCUT2D eigenvalue weighted by atomic mass is 19.3. The second-order valence-electron chi connectivity index (χ2n) is 9.68. The third-order valence-corrected chi connectivity index (χ3v) is 6.83. The maximum atomic E-state index is 13.7. The first-order chi connectivity index (χ1) is 19.7. The smallest absolute Gasteiger partial charge is 0.298 e. The van der Waals surface area contributed by atoms with Crippen LogP contribution in [0.1, 0.15) is 54.9 Å². The topological polar surface area (TPSA) is 102 Å². The Kier molecular flexibility index (Phi) is 7.66. The minimum absolute atomic E-state index is 0.0337. The van der Waals surface area contributed by atoms with Crippen molar-refractivity contribution in [1.82, 2.24) is 24.3 Å². The number of benzene rings is 1. The summed E-state index contributed by atoms with van der Waals surface area (Å²) in [5.74, 6) is 2.81. The first kappa shape index (κ1) is 27.7. The average molecular weight is 559 g/mol. The lowest BCUT2D eigenvalue weighted by atomic mass is 10.1. The number of fused-ring (bicyclic) bond motifs is 1. The Morgan fingerprint density at radius 1 is 1.20 bits per heavy atom. The fourth-order valence-corrected chi connectivity index (χ4v) is 4.85. The molecule has 0 saturated carbocycles. The molecular formula is C30H28F2N6O3. The van der Waals surface area contributed by atoms with Crippen LogP contribution in [-0.2, 0) is 10.7 Å². The molecule has 4 heterocycles. The third kappa shape index (κ3) is 5.72. The molecule has 1 saturated heterocycles. The van der Waals surface area contributed by atoms with Gasteiger partial charge in [0.2, 0.25) is 5.88 Å². The zero-order valence-electron chi connectivity index (χ0n) is 22.8. The number of halogens is 2. The van der Waals surface area contributed by atoms with Gasteiger partial charge in [-0.2, -0.15) is 0 Å². The number of hydrogen-bond acceptors (Lipinski definition) is 6. The number of alkyl halides is 2. The van der Waals surface area contributed by atoms with E-state index in [9.17, 15) is 18.4 Å². The van der Waals surface area contributed by atoms with Gasteiger partial charge in [-0.3, -0.25) is 19.0 Å². The molecule has 1 aromatic carbocycles. The fraction of sp³-hybridized carbons (Fsp3) is 0.300. The van der Waals surface area contributed by atoms with Gasteiger partial charge in [-0.25, -0.2) is 18.7 Å². The summed E-state index contributed by atoms with van der Waals surface area (Å²) in [5, 5.41) is 2.57. The Bertz CT molecular complexity index is 1670. The molecule has 1 aliphatic rings. The number of carbonyl (C=O) groups excluding carboxylic acids is 2. The summed E-state index contributed by atoms with van der Waals surface area (Å²) in [4.78, 5) is 40.2. The highest BCUT2D eigenvalue weighted by molar-refractivity contribution is 6.04. The van der Waals surface area contributed by atoms with E-state index in [1.165, 1.54) is 12.3 Å². The summed E-state index contributed by atoms with van der Waals surface area (Å²) in [6.07, 6.45) is 5.30. The maximum absolute atomic E-state index is 13.7. The number of hydrogen-bond donors (Lipinski definition) is 1. The third-order valence-electron chi connectivity index (χ3n) is 6.83. The number of ether oxygens (including phenoxy) is 1. The molecule has 1 atom stereocenters. The van der Waals surface area contributed by atoms with Gasteiger partial charge in [-0.1, -0.05) is 18.1 Å². The van der Waals surface area contributed by atoms with Crippen molar-refractivity contribution in [3.63, 3.8) is 0 Å². The molecule has 0 unspecified atom stereocenters. The number of imidazole rings is 1. The highest BCUT2D eigenvalue weighted by Crippen LogP contribution is 2.35. The number of amides is 2. The van der Waals surface area contributed by atoms with Gasteiger partial charge in [-0.15, -0.1) is 0 Å². The van der Waals surface area contributed by atoms with Gasteiger partial charge >= 0.3 is 0 Å². The largest absolute Gasteiger partial charge is 0.478 e. The Labute approximate surface area is 235 Å². The maximum Gasteiger partial charge on any atom is 0.298 e. The van der Waals surface area contributed by atoms with Crippen LogP contribution < -0.4 is 10.1 Å². The lowest BCUT2D eigenvalue weighted by Gasteiger charge is -2.14. The van der Waals surface area contributed by atoms with Crippen LogP contribution >= 0.6 is 0 Å². The molecule has 0 radical (unpaired) electrons. The quantitative estimate of drug-likeness (QED) is 0.324. The van der Waals surface area contributed by atoms with Crippen LogP contribution in [0.5, 0.6) is 5.88 Å². The number of anilines is 1. The van der Waals surface area contributed by atoms with Crippen LogP contribution in [0.2, 0.25) is 0 Å². The van der Waals surface area contributed by atoms with Crippen LogP contribution in [0, 0.1) is 11.8 Å². The van der Waals surface area contributed by atoms with E-state index < -0.39 is 11.8 Å². The number of carbonyl (C=O) groups is 2. The van der Waals surface area contributed by atoms with E-state index in [-0.39, 0.29) is 23.2 Å². The zero-order valence-corrected chi connectivity index (χ0v) is 22.8. The Morgan fingerprint density at radius 2 is 1.98 bits per heavy atom. The Hall–Kier alpha value is -4.85. The fourth-order valence-electron chi connectivity index (χ4n) is 4.85. The normalized spacial score (nSPS) is 15.0. The summed E-state index contributed by atoms with van der Waals surface area (Å²) in [6, 6.07) is 9.15. The molecule has 0 aliphatic carbocycles. The van der Waals surface area contributed by atoms with Crippen molar-refractivity contribution in [2.24, 2.45) is 0 Å². The van der Waals surface area contributed by atoms with E-state index in [0.717, 1.165) is 36.3 Å². The summed E-state index contributed by atoms with van der Waals surface area (Å²) in [5.41, 5.74) is 2.20. The molecule has 0 spiro atoms. The summed E-state index contributed by atoms with van der Waals surface area (Å²) < 4.78 is 35.2. The molecule has 2 amide bonds. The molecular weight excluding hydrogens is 530 g/mol. The summed E-state index contributed by atoms with van der Waals surface area (Å²) in [7, 11) is 0. The summed E-state index contributed by atoms with van der Waals surface area (Å²) in [6.45, 7) is 5.81. The molecule has 1 N–H and O–H groups in total. The van der Waals surface area contributed by atoms with Gasteiger partial charge in [0, 0.05) is 48.8 Å². The molecule has 11 heteroatoms. The molecule has 0 bridgehead atoms. The van der Waals surface area contributed by atoms with Gasteiger partial charge in [0.05, 0.1) is 30.2 Å². The van der Waals surface area contributed by atoms with E-state index in [2.05, 4.69) is 27.1 Å². The Balaban J connectivity index is 1.45. The van der Waals surface area contributed by atoms with Crippen LogP contribution in [-0.4, -0.2) is 55.8 Å². The Morgan fingerprint density at radius 3 is 2.68 bits per heavy atom. The predicted octanol–water partition coefficient (Wildman–Crippen LogP) is 4.89. The lowest BCUT2D eigenvalue weighted by molar-refractivity contribution is -0.124. The molecule has 3 aromatic heterocycles. The highest BCUT2D eigenvalue weighted by Gasteiger charge is 2.31. The van der Waals surface area contributed by atoms with Gasteiger partial charge in [-0.05, 0) is 50.5 Å². The van der Waals surface area contributed by atoms with E-state index in [0.29, 0.717) is 36.8 Å². The second-order valence-corrected chi connectivity index (χ2v) is 9.68. The molecule has 4 aromatic rings. The van der Waals surface area contributed by atoms with Gasteiger partial charge in [0.1, 0.15) is 11.6 Å². The number of nitrogens with one attached hydrogen (secondary N) is 1. The molecule has 41 heavy (non-hydrogen) atoms. The van der Waals surface area contributed by atoms with Crippen molar-refractivity contribution in [2.45, 2.75) is 39.0 Å². The standard InChI is InChI=1S/C30H28F2N6O3/c1-4-6-25(39)37-14-12-21(18-37)28-36-27(23-16-33-17-26(38(23)28)41-5-2)19-7-9-20(10-8-19)29(40)35-24-15-22(11-13-34-24)30(3,31)32/h7-11,13,15-17,21H,5,12,14,18H2,1-3H3,(H,34,35,40)/t21-/m1/s1. The SMILES string of the molecule is CC#CC(=O)N1CC[C@@H](c2nc(-c3ccc(C(=O)Nc4cc(C(C)(F)F)ccn4)cc3)c3cncc(OCC)n23)C1. The van der Waals surface area contributed by atoms with Crippen molar-refractivity contribution in [1.29, 1.82) is 0 Å². The number of rotatable bonds is 7. The van der Waals surface area contributed by atoms with Crippen LogP contribution in [0.3, 0.4) is 0 Å². The van der Waals surface area contributed by atoms with Crippen molar-refractivity contribution >= 4 is 23.1 Å². The van der Waals surface area contributed by atoms with Crippen molar-refractivity contribution in [2.75, 3.05) is 25.0 Å². The number of nitrogens with zero attached hydrogens (tertiary/aromatic N) is 5. The van der Waals surface area contributed by atoms with Crippen LogP contribution in [0.4, 0.5) is 14.6 Å². The summed E-state index contributed by atoms with van der Waals surface area (Å²) >= 11 is 0. The second kappa shape index (κ2) is 11.3. The minimum Gasteiger partial charge on any atom is -0.478 e. The van der Waals surface area contributed by atoms with Gasteiger partial charge in [0.25, 0.3) is 17.7 Å². The molecule has 1 aliphatic heterocycles. The average Bonchev–Trinajstić information content (AvgIpc) is 3.59. The molecule has 9 nitrogen and oxygen atoms in total. The van der Waals surface area contributed by atoms with E-state index in [1.807, 2.05) is 11.3 Å². The van der Waals surface area contributed by atoms with Crippen LogP contribution in [0.25, 0.3) is 16.8 Å². The number of pyridine rings is 1. The van der Waals surface area contributed by atoms with Crippen molar-refractivity contribution in [3.05, 3.63) is 71.9 Å². The predicted molar refractivity (Wildman–Crippen MR) is 149 cm³/mol. The monoisotopic (exact) mass is 558 g/mol. The number of likely N-dealkylation sites (tertiary alicyclic amines) is 1. The molecule has 210 valence electrons. The zero-order chi connectivity index (χ0) is 29.1. The first-order valence-electron chi connectivity index (χ1n) is 13.2. The van der Waals surface area contributed by atoms with Crippen molar-refractivity contribution < 1.29 is 23.1 Å². The lowest BCUT2D eigenvalue weighted by Crippen LogP contribution is -2.27. The van der Waals surface area contributed by atoms with Crippen LogP contribution in [0.15, 0.2) is 55.0 Å². The van der Waals surface area contributed by atoms with E-state index >= 15 is 0 Å². The molecule has 5 rings (SSSR count).